The number of hydrogen-bond donors (Lipinski definition) is 1. The Kier molecular flexibility index (Phi) is 2.71. The van der Waals surface area contributed by atoms with Crippen LogP contribution in [0.4, 0.5) is 5.69 Å². The largest absolute Gasteiger partial charge is 0.397 e. The van der Waals surface area contributed by atoms with Crippen LogP contribution in [0.25, 0.3) is 22.6 Å². The topological polar surface area (TPSA) is 56.7 Å². The smallest absolute Gasteiger partial charge is 0.161 e. The van der Waals surface area contributed by atoms with Gasteiger partial charge in [-0.2, -0.15) is 0 Å². The van der Waals surface area contributed by atoms with E-state index in [1.807, 2.05) is 12.1 Å². The highest BCUT2D eigenvalue weighted by Gasteiger charge is 2.14. The van der Waals surface area contributed by atoms with Crippen molar-refractivity contribution in [1.82, 2.24) is 14.5 Å². The number of anilines is 1. The van der Waals surface area contributed by atoms with Crippen molar-refractivity contribution in [3.63, 3.8) is 0 Å². The van der Waals surface area contributed by atoms with Crippen molar-refractivity contribution >= 4 is 16.7 Å². The second kappa shape index (κ2) is 4.39. The molecule has 4 heteroatoms. The fourth-order valence-electron chi connectivity index (χ4n) is 2.35. The second-order valence-corrected chi connectivity index (χ2v) is 4.61. The molecule has 0 amide bonds. The fourth-order valence-corrected chi connectivity index (χ4v) is 2.35. The number of aromatic nitrogens is 3. The summed E-state index contributed by atoms with van der Waals surface area (Å²) < 4.78 is 2.15. The first-order valence-corrected chi connectivity index (χ1v) is 6.38. The fraction of sp³-hybridized carbons (Fsp3) is 0.200. The third-order valence-corrected chi connectivity index (χ3v) is 3.27. The molecule has 2 N–H and O–H groups in total. The first-order valence-electron chi connectivity index (χ1n) is 6.38. The molecule has 19 heavy (non-hydrogen) atoms. The molecule has 96 valence electrons. The lowest BCUT2D eigenvalue weighted by Crippen LogP contribution is -2.01. The maximum atomic E-state index is 6.01. The quantitative estimate of drug-likeness (QED) is 0.762. The highest BCUT2D eigenvalue weighted by molar-refractivity contribution is 5.82. The van der Waals surface area contributed by atoms with Crippen molar-refractivity contribution in [3.05, 3.63) is 42.1 Å². The van der Waals surface area contributed by atoms with Crippen LogP contribution in [0.5, 0.6) is 0 Å². The third-order valence-electron chi connectivity index (χ3n) is 3.27. The molecule has 0 spiro atoms. The molecule has 0 bridgehead atoms. The number of rotatable bonds is 2. The number of hydrogen-bond acceptors (Lipinski definition) is 3. The van der Waals surface area contributed by atoms with Crippen molar-refractivity contribution in [3.8, 4) is 11.5 Å². The van der Waals surface area contributed by atoms with Gasteiger partial charge in [-0.05, 0) is 43.7 Å². The molecule has 0 aliphatic carbocycles. The predicted molar refractivity (Wildman–Crippen MR) is 77.8 cm³/mol. The Morgan fingerprint density at radius 1 is 1.26 bits per heavy atom. The SMILES string of the molecule is CCn1c(-c2ncccc2N)nc2cc(C)ccc21. The zero-order valence-corrected chi connectivity index (χ0v) is 11.1. The number of imidazole rings is 1. The number of pyridine rings is 1. The summed E-state index contributed by atoms with van der Waals surface area (Å²) in [4.78, 5) is 9.06. The van der Waals surface area contributed by atoms with Gasteiger partial charge in [-0.3, -0.25) is 4.98 Å². The van der Waals surface area contributed by atoms with E-state index >= 15 is 0 Å². The molecule has 3 rings (SSSR count). The van der Waals surface area contributed by atoms with E-state index in [0.29, 0.717) is 5.69 Å². The van der Waals surface area contributed by atoms with Crippen LogP contribution in [0.2, 0.25) is 0 Å². The first kappa shape index (κ1) is 11.7. The molecule has 0 saturated heterocycles. The van der Waals surface area contributed by atoms with Gasteiger partial charge < -0.3 is 10.3 Å². The summed E-state index contributed by atoms with van der Waals surface area (Å²) in [5.74, 6) is 0.834. The standard InChI is InChI=1S/C15H16N4/c1-3-19-13-7-6-10(2)9-12(13)18-15(19)14-11(16)5-4-8-17-14/h4-9H,3,16H2,1-2H3. The molecule has 2 aromatic heterocycles. The Morgan fingerprint density at radius 2 is 2.11 bits per heavy atom. The monoisotopic (exact) mass is 252 g/mol. The minimum atomic E-state index is 0.657. The zero-order valence-electron chi connectivity index (χ0n) is 11.1. The highest BCUT2D eigenvalue weighted by atomic mass is 15.1. The van der Waals surface area contributed by atoms with E-state index in [-0.39, 0.29) is 0 Å². The number of nitrogen functional groups attached to an aromatic ring is 1. The maximum Gasteiger partial charge on any atom is 0.161 e. The highest BCUT2D eigenvalue weighted by Crippen LogP contribution is 2.27. The van der Waals surface area contributed by atoms with Crippen LogP contribution < -0.4 is 5.73 Å². The molecule has 0 aliphatic rings. The normalized spacial score (nSPS) is 11.1. The van der Waals surface area contributed by atoms with Crippen molar-refractivity contribution in [2.45, 2.75) is 20.4 Å². The van der Waals surface area contributed by atoms with Gasteiger partial charge in [0.1, 0.15) is 5.69 Å². The molecule has 0 fully saturated rings. The Hall–Kier alpha value is -2.36. The van der Waals surface area contributed by atoms with Gasteiger partial charge in [0.25, 0.3) is 0 Å². The molecule has 0 saturated carbocycles. The summed E-state index contributed by atoms with van der Waals surface area (Å²) in [6.45, 7) is 5.01. The van der Waals surface area contributed by atoms with E-state index in [9.17, 15) is 0 Å². The molecular weight excluding hydrogens is 236 g/mol. The van der Waals surface area contributed by atoms with E-state index in [2.05, 4.69) is 41.6 Å². The van der Waals surface area contributed by atoms with E-state index in [1.165, 1.54) is 5.56 Å². The van der Waals surface area contributed by atoms with Gasteiger partial charge in [-0.15, -0.1) is 0 Å². The molecule has 3 aromatic rings. The van der Waals surface area contributed by atoms with Crippen LogP contribution in [0.15, 0.2) is 36.5 Å². The molecule has 0 radical (unpaired) electrons. The molecular formula is C15H16N4. The molecule has 0 atom stereocenters. The van der Waals surface area contributed by atoms with Crippen LogP contribution in [-0.4, -0.2) is 14.5 Å². The van der Waals surface area contributed by atoms with Crippen molar-refractivity contribution in [2.75, 3.05) is 5.73 Å². The number of aryl methyl sites for hydroxylation is 2. The molecule has 4 nitrogen and oxygen atoms in total. The summed E-state index contributed by atoms with van der Waals surface area (Å²) in [7, 11) is 0. The van der Waals surface area contributed by atoms with Gasteiger partial charge in [0.2, 0.25) is 0 Å². The van der Waals surface area contributed by atoms with Crippen molar-refractivity contribution < 1.29 is 0 Å². The number of benzene rings is 1. The van der Waals surface area contributed by atoms with Crippen molar-refractivity contribution in [2.24, 2.45) is 0 Å². The van der Waals surface area contributed by atoms with Gasteiger partial charge in [0, 0.05) is 12.7 Å². The number of nitrogens with zero attached hydrogens (tertiary/aromatic N) is 3. The van der Waals surface area contributed by atoms with Crippen LogP contribution in [-0.2, 0) is 6.54 Å². The van der Waals surface area contributed by atoms with Crippen LogP contribution in [0.3, 0.4) is 0 Å². The van der Waals surface area contributed by atoms with Gasteiger partial charge in [-0.25, -0.2) is 4.98 Å². The summed E-state index contributed by atoms with van der Waals surface area (Å²) >= 11 is 0. The van der Waals surface area contributed by atoms with Gasteiger partial charge in [0.05, 0.1) is 16.7 Å². The molecule has 0 aliphatic heterocycles. The summed E-state index contributed by atoms with van der Waals surface area (Å²) in [5.41, 5.74) is 10.7. The molecule has 1 aromatic carbocycles. The lowest BCUT2D eigenvalue weighted by molar-refractivity contribution is 0.793. The van der Waals surface area contributed by atoms with Gasteiger partial charge >= 0.3 is 0 Å². The van der Waals surface area contributed by atoms with Gasteiger partial charge in [-0.1, -0.05) is 6.07 Å². The van der Waals surface area contributed by atoms with E-state index in [0.717, 1.165) is 29.1 Å². The Labute approximate surface area is 111 Å². The Bertz CT molecular complexity index is 743. The molecule has 0 unspecified atom stereocenters. The Balaban J connectivity index is 2.32. The van der Waals surface area contributed by atoms with E-state index in [4.69, 9.17) is 10.7 Å². The van der Waals surface area contributed by atoms with E-state index in [1.54, 1.807) is 6.20 Å². The zero-order chi connectivity index (χ0) is 13.4. The van der Waals surface area contributed by atoms with Crippen molar-refractivity contribution in [1.29, 1.82) is 0 Å². The lowest BCUT2D eigenvalue weighted by atomic mass is 10.2. The first-order chi connectivity index (χ1) is 9.20. The molecule has 2 heterocycles. The number of nitrogens with two attached hydrogens (primary N) is 1. The van der Waals surface area contributed by atoms with Crippen LogP contribution in [0, 0.1) is 6.92 Å². The summed E-state index contributed by atoms with van der Waals surface area (Å²) in [6.07, 6.45) is 1.75. The maximum absolute atomic E-state index is 6.01. The third kappa shape index (κ3) is 1.85. The lowest BCUT2D eigenvalue weighted by Gasteiger charge is -2.07. The van der Waals surface area contributed by atoms with E-state index < -0.39 is 0 Å². The second-order valence-electron chi connectivity index (χ2n) is 4.61. The average molecular weight is 252 g/mol. The van der Waals surface area contributed by atoms with Gasteiger partial charge in [0.15, 0.2) is 5.82 Å². The average Bonchev–Trinajstić information content (AvgIpc) is 2.76. The summed E-state index contributed by atoms with van der Waals surface area (Å²) in [5, 5.41) is 0. The predicted octanol–water partition coefficient (Wildman–Crippen LogP) is 3.01. The van der Waals surface area contributed by atoms with Crippen LogP contribution >= 0.6 is 0 Å². The Morgan fingerprint density at radius 3 is 2.84 bits per heavy atom. The summed E-state index contributed by atoms with van der Waals surface area (Å²) in [6, 6.07) is 9.98. The minimum absolute atomic E-state index is 0.657. The number of fused-ring (bicyclic) bond motifs is 1. The minimum Gasteiger partial charge on any atom is -0.397 e. The van der Waals surface area contributed by atoms with Crippen LogP contribution in [0.1, 0.15) is 12.5 Å².